The number of fused-ring (bicyclic) bond motifs is 1. The first-order valence-electron chi connectivity index (χ1n) is 9.82. The molecule has 0 aromatic heterocycles. The zero-order valence-electron chi connectivity index (χ0n) is 16.3. The zero-order chi connectivity index (χ0) is 19.1. The van der Waals surface area contributed by atoms with Gasteiger partial charge in [-0.1, -0.05) is 13.8 Å². The van der Waals surface area contributed by atoms with Gasteiger partial charge in [-0.3, -0.25) is 9.59 Å². The Morgan fingerprint density at radius 2 is 2.08 bits per heavy atom. The molecule has 1 unspecified atom stereocenters. The molecule has 3 rings (SSSR count). The number of ketones is 1. The number of ether oxygens (including phenoxy) is 2. The first kappa shape index (κ1) is 19.1. The number of hydrogen-bond acceptors (Lipinski definition) is 5. The summed E-state index contributed by atoms with van der Waals surface area (Å²) in [5.74, 6) is 1.25. The standard InChI is InChI=1S/C21H30O5/c1-13(16-9-10-17-18(23)6-5-11-20(16,17)3)7-8-15-12-21(4,19(24)25-15)26-14(2)22/h12-13,16-17H,5-11H2,1-4H3/t13-,16-,17?,20-,21+/m1/s1. The van der Waals surface area contributed by atoms with Crippen molar-refractivity contribution >= 4 is 17.7 Å². The van der Waals surface area contributed by atoms with Gasteiger partial charge in [-0.2, -0.15) is 0 Å². The molecular formula is C21H30O5. The summed E-state index contributed by atoms with van der Waals surface area (Å²) in [6.45, 7) is 7.40. The van der Waals surface area contributed by atoms with Gasteiger partial charge >= 0.3 is 11.9 Å². The summed E-state index contributed by atoms with van der Waals surface area (Å²) in [5.41, 5.74) is -1.17. The van der Waals surface area contributed by atoms with Crippen LogP contribution in [0.25, 0.3) is 0 Å². The Morgan fingerprint density at radius 3 is 2.77 bits per heavy atom. The fourth-order valence-electron chi connectivity index (χ4n) is 5.58. The van der Waals surface area contributed by atoms with Crippen molar-refractivity contribution in [2.45, 2.75) is 78.2 Å². The highest BCUT2D eigenvalue weighted by Crippen LogP contribution is 2.57. The molecule has 5 heteroatoms. The summed E-state index contributed by atoms with van der Waals surface area (Å²) in [7, 11) is 0. The van der Waals surface area contributed by atoms with Crippen LogP contribution in [0.2, 0.25) is 0 Å². The van der Waals surface area contributed by atoms with Crippen molar-refractivity contribution in [2.75, 3.05) is 0 Å². The lowest BCUT2D eigenvalue weighted by molar-refractivity contribution is -0.167. The molecule has 0 radical (unpaired) electrons. The summed E-state index contributed by atoms with van der Waals surface area (Å²) >= 11 is 0. The van der Waals surface area contributed by atoms with E-state index in [1.54, 1.807) is 13.0 Å². The quantitative estimate of drug-likeness (QED) is 0.693. The molecular weight excluding hydrogens is 332 g/mol. The van der Waals surface area contributed by atoms with E-state index >= 15 is 0 Å². The van der Waals surface area contributed by atoms with Gasteiger partial charge in [0.1, 0.15) is 11.5 Å². The van der Waals surface area contributed by atoms with Gasteiger partial charge in [0.05, 0.1) is 0 Å². The lowest BCUT2D eigenvalue weighted by Gasteiger charge is -2.42. The Bertz CT molecular complexity index is 651. The van der Waals surface area contributed by atoms with Crippen LogP contribution in [0.15, 0.2) is 11.8 Å². The number of cyclic esters (lactones) is 1. The number of rotatable bonds is 5. The molecule has 5 atom stereocenters. The molecule has 0 bridgehead atoms. The highest BCUT2D eigenvalue weighted by atomic mass is 16.6. The number of esters is 2. The van der Waals surface area contributed by atoms with E-state index in [2.05, 4.69) is 13.8 Å². The van der Waals surface area contributed by atoms with Crippen LogP contribution < -0.4 is 0 Å². The van der Waals surface area contributed by atoms with Crippen LogP contribution in [-0.4, -0.2) is 23.3 Å². The Kier molecular flexibility index (Phi) is 5.02. The Balaban J connectivity index is 1.62. The topological polar surface area (TPSA) is 69.7 Å². The third kappa shape index (κ3) is 3.33. The second-order valence-corrected chi connectivity index (χ2v) is 8.78. The lowest BCUT2D eigenvalue weighted by Crippen LogP contribution is -2.39. The van der Waals surface area contributed by atoms with Crippen molar-refractivity contribution in [3.05, 3.63) is 11.8 Å². The van der Waals surface area contributed by atoms with E-state index in [1.807, 2.05) is 0 Å². The Morgan fingerprint density at radius 1 is 1.35 bits per heavy atom. The van der Waals surface area contributed by atoms with Crippen LogP contribution in [0.5, 0.6) is 0 Å². The molecule has 3 aliphatic rings. The van der Waals surface area contributed by atoms with Crippen LogP contribution in [-0.2, 0) is 23.9 Å². The molecule has 5 nitrogen and oxygen atoms in total. The zero-order valence-corrected chi connectivity index (χ0v) is 16.3. The van der Waals surface area contributed by atoms with E-state index < -0.39 is 17.5 Å². The highest BCUT2D eigenvalue weighted by Gasteiger charge is 2.52. The van der Waals surface area contributed by atoms with Gasteiger partial charge in [-0.25, -0.2) is 4.79 Å². The normalized spacial score (nSPS) is 37.8. The first-order chi connectivity index (χ1) is 12.2. The van der Waals surface area contributed by atoms with Crippen molar-refractivity contribution in [3.8, 4) is 0 Å². The number of carbonyl (C=O) groups excluding carboxylic acids is 3. The fraction of sp³-hybridized carbons (Fsp3) is 0.762. The van der Waals surface area contributed by atoms with Crippen molar-refractivity contribution < 1.29 is 23.9 Å². The van der Waals surface area contributed by atoms with Gasteiger partial charge in [-0.05, 0) is 56.3 Å². The molecule has 0 amide bonds. The van der Waals surface area contributed by atoms with E-state index in [9.17, 15) is 14.4 Å². The van der Waals surface area contributed by atoms with Crippen molar-refractivity contribution in [2.24, 2.45) is 23.2 Å². The number of hydrogen-bond donors (Lipinski definition) is 0. The van der Waals surface area contributed by atoms with E-state index in [0.29, 0.717) is 29.8 Å². The first-order valence-corrected chi connectivity index (χ1v) is 9.82. The van der Waals surface area contributed by atoms with Gasteiger partial charge in [0, 0.05) is 31.8 Å². The van der Waals surface area contributed by atoms with Gasteiger partial charge in [0.15, 0.2) is 0 Å². The van der Waals surface area contributed by atoms with Crippen LogP contribution >= 0.6 is 0 Å². The summed E-state index contributed by atoms with van der Waals surface area (Å²) in [6, 6.07) is 0. The fourth-order valence-corrected chi connectivity index (χ4v) is 5.58. The van der Waals surface area contributed by atoms with Crippen molar-refractivity contribution in [3.63, 3.8) is 0 Å². The number of Topliss-reactive ketones (excluding diaryl/α,β-unsaturated/α-hetero) is 1. The monoisotopic (exact) mass is 362 g/mol. The molecule has 1 aliphatic heterocycles. The molecule has 144 valence electrons. The summed E-state index contributed by atoms with van der Waals surface area (Å²) in [6.07, 6.45) is 8.21. The molecule has 0 aromatic rings. The summed E-state index contributed by atoms with van der Waals surface area (Å²) in [5, 5.41) is 0. The molecule has 0 N–H and O–H groups in total. The molecule has 0 spiro atoms. The molecule has 0 aromatic carbocycles. The van der Waals surface area contributed by atoms with Crippen LogP contribution in [0.4, 0.5) is 0 Å². The van der Waals surface area contributed by atoms with Crippen LogP contribution in [0.1, 0.15) is 72.6 Å². The smallest absolute Gasteiger partial charge is 0.359 e. The maximum atomic E-state index is 12.3. The van der Waals surface area contributed by atoms with E-state index in [-0.39, 0.29) is 11.3 Å². The Labute approximate surface area is 155 Å². The number of allylic oxidation sites excluding steroid dienone is 1. The predicted octanol–water partition coefficient (Wildman–Crippen LogP) is 3.95. The molecule has 2 aliphatic carbocycles. The second kappa shape index (κ2) is 6.82. The van der Waals surface area contributed by atoms with Gasteiger partial charge in [0.2, 0.25) is 5.60 Å². The van der Waals surface area contributed by atoms with E-state index in [0.717, 1.165) is 38.5 Å². The summed E-state index contributed by atoms with van der Waals surface area (Å²) < 4.78 is 10.4. The minimum Gasteiger partial charge on any atom is -0.443 e. The average molecular weight is 362 g/mol. The van der Waals surface area contributed by atoms with E-state index in [4.69, 9.17) is 9.47 Å². The third-order valence-electron chi connectivity index (χ3n) is 6.89. The van der Waals surface area contributed by atoms with Crippen LogP contribution in [0, 0.1) is 23.2 Å². The molecule has 0 saturated heterocycles. The average Bonchev–Trinajstić information content (AvgIpc) is 3.02. The molecule has 1 heterocycles. The molecule has 26 heavy (non-hydrogen) atoms. The van der Waals surface area contributed by atoms with Crippen molar-refractivity contribution in [1.82, 2.24) is 0 Å². The van der Waals surface area contributed by atoms with Gasteiger partial charge < -0.3 is 9.47 Å². The van der Waals surface area contributed by atoms with E-state index in [1.165, 1.54) is 6.92 Å². The maximum Gasteiger partial charge on any atom is 0.359 e. The van der Waals surface area contributed by atoms with Crippen molar-refractivity contribution in [1.29, 1.82) is 0 Å². The highest BCUT2D eigenvalue weighted by molar-refractivity contribution is 5.88. The van der Waals surface area contributed by atoms with Gasteiger partial charge in [-0.15, -0.1) is 0 Å². The second-order valence-electron chi connectivity index (χ2n) is 8.78. The molecule has 2 saturated carbocycles. The van der Waals surface area contributed by atoms with Gasteiger partial charge in [0.25, 0.3) is 0 Å². The largest absolute Gasteiger partial charge is 0.443 e. The number of carbonyl (C=O) groups is 3. The summed E-state index contributed by atoms with van der Waals surface area (Å²) in [4.78, 5) is 35.5. The Hall–Kier alpha value is -1.65. The minimum atomic E-state index is -1.30. The molecule has 2 fully saturated rings. The predicted molar refractivity (Wildman–Crippen MR) is 95.9 cm³/mol. The van der Waals surface area contributed by atoms with Crippen LogP contribution in [0.3, 0.4) is 0 Å². The lowest BCUT2D eigenvalue weighted by atomic mass is 9.62. The minimum absolute atomic E-state index is 0.127. The maximum absolute atomic E-state index is 12.3. The third-order valence-corrected chi connectivity index (χ3v) is 6.89. The SMILES string of the molecule is CC(=O)O[C@@]1(C)C=C(CC[C@@H](C)[C@H]2CCC3C(=O)CCC[C@@]32C)OC1=O.